The third-order valence-corrected chi connectivity index (χ3v) is 8.52. The number of anilines is 1. The zero-order valence-corrected chi connectivity index (χ0v) is 22.0. The highest BCUT2D eigenvalue weighted by Gasteiger charge is 2.32. The van der Waals surface area contributed by atoms with Gasteiger partial charge < -0.3 is 19.3 Å². The van der Waals surface area contributed by atoms with Crippen LogP contribution in [0.1, 0.15) is 17.7 Å². The molecule has 1 N–H and O–H groups in total. The maximum Gasteiger partial charge on any atom is 0.250 e. The monoisotopic (exact) mass is 523 g/mol. The molecule has 1 aliphatic heterocycles. The first-order valence-corrected chi connectivity index (χ1v) is 13.6. The number of hydrogen-bond donors (Lipinski definition) is 1. The van der Waals surface area contributed by atoms with Crippen molar-refractivity contribution in [2.24, 2.45) is 0 Å². The number of pyridine rings is 3. The van der Waals surface area contributed by atoms with Crippen LogP contribution in [0.4, 0.5) is 5.82 Å². The van der Waals surface area contributed by atoms with E-state index in [0.29, 0.717) is 23.6 Å². The predicted octanol–water partition coefficient (Wildman–Crippen LogP) is 2.47. The van der Waals surface area contributed by atoms with Gasteiger partial charge in [0.25, 0.3) is 6.23 Å². The summed E-state index contributed by atoms with van der Waals surface area (Å²) in [5, 5.41) is 11.9. The van der Waals surface area contributed by atoms with Gasteiger partial charge in [-0.05, 0) is 43.4 Å². The topological polar surface area (TPSA) is 113 Å². The number of rotatable bonds is 7. The van der Waals surface area contributed by atoms with Gasteiger partial charge in [0.2, 0.25) is 9.84 Å². The van der Waals surface area contributed by atoms with Gasteiger partial charge >= 0.3 is 0 Å². The van der Waals surface area contributed by atoms with Gasteiger partial charge in [0.1, 0.15) is 12.4 Å². The molecular formula is C26H31N6O4S+. The summed E-state index contributed by atoms with van der Waals surface area (Å²) >= 11 is 0. The van der Waals surface area contributed by atoms with Crippen molar-refractivity contribution in [1.82, 2.24) is 19.9 Å². The molecule has 5 rings (SSSR count). The molecule has 5 heterocycles. The summed E-state index contributed by atoms with van der Waals surface area (Å²) in [6.07, 6.45) is 5.12. The Morgan fingerprint density at radius 2 is 1.70 bits per heavy atom. The maximum absolute atomic E-state index is 13.2. The van der Waals surface area contributed by atoms with Crippen LogP contribution >= 0.6 is 0 Å². The van der Waals surface area contributed by atoms with E-state index in [0.717, 1.165) is 37.4 Å². The van der Waals surface area contributed by atoms with Gasteiger partial charge in [0.15, 0.2) is 11.3 Å². The van der Waals surface area contributed by atoms with Crippen LogP contribution in [0.2, 0.25) is 0 Å². The zero-order valence-electron chi connectivity index (χ0n) is 21.1. The second-order valence-corrected chi connectivity index (χ2v) is 12.0. The first-order chi connectivity index (χ1) is 17.6. The molecule has 0 radical (unpaired) electrons. The number of sulfone groups is 1. The van der Waals surface area contributed by atoms with Crippen molar-refractivity contribution in [2.75, 3.05) is 52.2 Å². The molecular weight excluding hydrogens is 492 g/mol. The van der Waals surface area contributed by atoms with Crippen LogP contribution in [-0.2, 0) is 16.4 Å². The van der Waals surface area contributed by atoms with E-state index in [1.165, 1.54) is 12.4 Å². The molecule has 0 amide bonds. The van der Waals surface area contributed by atoms with E-state index in [1.54, 1.807) is 42.7 Å². The Bertz CT molecular complexity index is 1440. The van der Waals surface area contributed by atoms with Crippen molar-refractivity contribution in [3.8, 4) is 0 Å². The number of aromatic nitrogens is 3. The van der Waals surface area contributed by atoms with Crippen LogP contribution in [-0.4, -0.2) is 85.2 Å². The number of nitrogens with zero attached hydrogens (tertiary/aromatic N) is 6. The average Bonchev–Trinajstić information content (AvgIpc) is 3.33. The fourth-order valence-corrected chi connectivity index (χ4v) is 5.58. The van der Waals surface area contributed by atoms with Gasteiger partial charge in [-0.15, -0.1) is 0 Å². The summed E-state index contributed by atoms with van der Waals surface area (Å²) in [6.45, 7) is 3.97. The molecule has 0 saturated carbocycles. The van der Waals surface area contributed by atoms with Crippen molar-refractivity contribution in [1.29, 1.82) is 0 Å². The van der Waals surface area contributed by atoms with Crippen molar-refractivity contribution < 1.29 is 22.4 Å². The van der Waals surface area contributed by atoms with E-state index >= 15 is 0 Å². The van der Waals surface area contributed by atoms with Gasteiger partial charge in [-0.25, -0.2) is 13.4 Å². The van der Waals surface area contributed by atoms with Crippen molar-refractivity contribution in [3.63, 3.8) is 0 Å². The number of aliphatic hydroxyl groups is 1. The lowest BCUT2D eigenvalue weighted by Crippen LogP contribution is -2.44. The Balaban J connectivity index is 1.28. The van der Waals surface area contributed by atoms with Crippen molar-refractivity contribution in [3.05, 3.63) is 72.6 Å². The maximum atomic E-state index is 13.2. The van der Waals surface area contributed by atoms with Crippen molar-refractivity contribution >= 4 is 26.6 Å². The minimum atomic E-state index is -3.76. The molecule has 1 aliphatic rings. The van der Waals surface area contributed by atoms with E-state index in [4.69, 9.17) is 4.42 Å². The third kappa shape index (κ3) is 5.21. The number of likely N-dealkylation sites (N-methyl/N-ethyl adjacent to an activating group) is 1. The van der Waals surface area contributed by atoms with Gasteiger partial charge in [0, 0.05) is 50.2 Å². The van der Waals surface area contributed by atoms with Crippen LogP contribution in [0.25, 0.3) is 11.0 Å². The third-order valence-electron chi connectivity index (χ3n) is 6.79. The molecule has 194 valence electrons. The highest BCUT2D eigenvalue weighted by molar-refractivity contribution is 7.91. The second kappa shape index (κ2) is 9.82. The zero-order chi connectivity index (χ0) is 26.2. The Labute approximate surface area is 216 Å². The molecule has 1 atom stereocenters. The largest absolute Gasteiger partial charge is 0.450 e. The van der Waals surface area contributed by atoms with E-state index in [9.17, 15) is 13.5 Å². The SMILES string of the molecule is CN1CCN(c2ccc(S(=O)(=O)c3ccc(C[N+](C)(C)C(O)c4cc5ccncc5o4)nc3)cn2)CC1. The van der Waals surface area contributed by atoms with Crippen LogP contribution in [0, 0.1) is 0 Å². The van der Waals surface area contributed by atoms with Crippen molar-refractivity contribution in [2.45, 2.75) is 22.6 Å². The number of fused-ring (bicyclic) bond motifs is 1. The Morgan fingerprint density at radius 3 is 2.32 bits per heavy atom. The minimum Gasteiger partial charge on any atom is -0.450 e. The quantitative estimate of drug-likeness (QED) is 0.288. The summed E-state index contributed by atoms with van der Waals surface area (Å²) in [5.41, 5.74) is 1.25. The predicted molar refractivity (Wildman–Crippen MR) is 138 cm³/mol. The molecule has 11 heteroatoms. The smallest absolute Gasteiger partial charge is 0.250 e. The molecule has 10 nitrogen and oxygen atoms in total. The Kier molecular flexibility index (Phi) is 6.71. The van der Waals surface area contributed by atoms with Gasteiger partial charge in [-0.1, -0.05) is 0 Å². The molecule has 1 unspecified atom stereocenters. The molecule has 0 bridgehead atoms. The van der Waals surface area contributed by atoms with Crippen LogP contribution in [0.3, 0.4) is 0 Å². The van der Waals surface area contributed by atoms with E-state index in [-0.39, 0.29) is 14.3 Å². The number of furan rings is 1. The molecule has 1 fully saturated rings. The second-order valence-electron chi connectivity index (χ2n) is 10.0. The van der Waals surface area contributed by atoms with E-state index in [2.05, 4.69) is 31.8 Å². The first kappa shape index (κ1) is 25.3. The highest BCUT2D eigenvalue weighted by atomic mass is 32.2. The standard InChI is InChI=1S/C26H31N6O4S/c1-30-10-12-31(13-11-30)25-7-6-22(16-29-25)37(34,35)21-5-4-20(28-15-21)18-32(2,3)26(33)23-14-19-8-9-27-17-24(19)36-23/h4-9,14-17,26,33H,10-13,18H2,1-3H3/q+1. The lowest BCUT2D eigenvalue weighted by atomic mass is 10.2. The Hall–Kier alpha value is -3.38. The van der Waals surface area contributed by atoms with Crippen LogP contribution < -0.4 is 4.90 Å². The van der Waals surface area contributed by atoms with Crippen LogP contribution in [0.5, 0.6) is 0 Å². The van der Waals surface area contributed by atoms with E-state index in [1.807, 2.05) is 20.2 Å². The van der Waals surface area contributed by atoms with Gasteiger partial charge in [-0.2, -0.15) is 0 Å². The number of hydrogen-bond acceptors (Lipinski definition) is 9. The first-order valence-electron chi connectivity index (χ1n) is 12.1. The lowest BCUT2D eigenvalue weighted by molar-refractivity contribution is -0.957. The fraction of sp³-hybridized carbons (Fsp3) is 0.346. The molecule has 4 aromatic rings. The molecule has 1 saturated heterocycles. The number of piperazine rings is 1. The fourth-order valence-electron chi connectivity index (χ4n) is 4.43. The molecule has 0 aromatic carbocycles. The number of aliphatic hydroxyl groups excluding tert-OH is 1. The number of quaternary nitrogens is 1. The minimum absolute atomic E-state index is 0.0982. The molecule has 4 aromatic heterocycles. The van der Waals surface area contributed by atoms with Gasteiger partial charge in [0.05, 0.1) is 35.8 Å². The Morgan fingerprint density at radius 1 is 1.00 bits per heavy atom. The summed E-state index contributed by atoms with van der Waals surface area (Å²) in [4.78, 5) is 17.5. The summed E-state index contributed by atoms with van der Waals surface area (Å²) in [7, 11) is 2.04. The summed E-state index contributed by atoms with van der Waals surface area (Å²) in [5.74, 6) is 1.21. The summed E-state index contributed by atoms with van der Waals surface area (Å²) < 4.78 is 32.3. The van der Waals surface area contributed by atoms with Crippen LogP contribution in [0.15, 0.2) is 75.4 Å². The normalized spacial score (nSPS) is 16.3. The van der Waals surface area contributed by atoms with Gasteiger partial charge in [-0.3, -0.25) is 14.5 Å². The molecule has 37 heavy (non-hydrogen) atoms. The lowest BCUT2D eigenvalue weighted by Gasteiger charge is -2.33. The molecule has 0 spiro atoms. The highest BCUT2D eigenvalue weighted by Crippen LogP contribution is 2.30. The van der Waals surface area contributed by atoms with E-state index < -0.39 is 16.1 Å². The average molecular weight is 524 g/mol. The summed E-state index contributed by atoms with van der Waals surface area (Å²) in [6, 6.07) is 10.2. The molecule has 0 aliphatic carbocycles.